The summed E-state index contributed by atoms with van der Waals surface area (Å²) in [4.78, 5) is 22.5. The van der Waals surface area contributed by atoms with Crippen LogP contribution in [0, 0.1) is 13.8 Å². The first kappa shape index (κ1) is 18.9. The number of aryl methyl sites for hydroxylation is 2. The van der Waals surface area contributed by atoms with Crippen LogP contribution in [0.25, 0.3) is 27.9 Å². The van der Waals surface area contributed by atoms with Crippen LogP contribution in [0.3, 0.4) is 0 Å². The summed E-state index contributed by atoms with van der Waals surface area (Å²) in [6.07, 6.45) is 0. The van der Waals surface area contributed by atoms with Gasteiger partial charge in [0, 0.05) is 5.69 Å². The molecule has 2 aromatic carbocycles. The SMILES string of the molecule is Cc1cc(C)cc(-n2c(N)c(C(=O)OC(C)(C)C)c3nc4ccccc4nc32)c1. The summed E-state index contributed by atoms with van der Waals surface area (Å²) in [5, 5.41) is 0. The van der Waals surface area contributed by atoms with Crippen molar-refractivity contribution in [2.24, 2.45) is 0 Å². The normalized spacial score (nSPS) is 11.9. The van der Waals surface area contributed by atoms with Crippen LogP contribution in [0.5, 0.6) is 0 Å². The number of anilines is 1. The predicted molar refractivity (Wildman–Crippen MR) is 115 cm³/mol. The van der Waals surface area contributed by atoms with Gasteiger partial charge in [0.1, 0.15) is 22.5 Å². The van der Waals surface area contributed by atoms with E-state index in [0.29, 0.717) is 16.7 Å². The minimum absolute atomic E-state index is 0.243. The lowest BCUT2D eigenvalue weighted by Crippen LogP contribution is -2.24. The number of rotatable bonds is 2. The fraction of sp³-hybridized carbons (Fsp3) is 0.261. The Hall–Kier alpha value is -3.41. The van der Waals surface area contributed by atoms with Crippen LogP contribution < -0.4 is 5.73 Å². The molecule has 0 amide bonds. The van der Waals surface area contributed by atoms with E-state index in [1.807, 2.05) is 71.0 Å². The molecule has 0 unspecified atom stereocenters. The zero-order chi connectivity index (χ0) is 20.9. The molecule has 0 radical (unpaired) electrons. The summed E-state index contributed by atoms with van der Waals surface area (Å²) in [6.45, 7) is 9.52. The van der Waals surface area contributed by atoms with E-state index < -0.39 is 11.6 Å². The van der Waals surface area contributed by atoms with Crippen molar-refractivity contribution in [2.75, 3.05) is 5.73 Å². The van der Waals surface area contributed by atoms with E-state index in [-0.39, 0.29) is 11.4 Å². The first-order valence-corrected chi connectivity index (χ1v) is 9.53. The first-order chi connectivity index (χ1) is 13.6. The minimum atomic E-state index is -0.651. The number of hydrogen-bond donors (Lipinski definition) is 1. The van der Waals surface area contributed by atoms with Crippen LogP contribution in [0.4, 0.5) is 5.82 Å². The Kier molecular flexibility index (Phi) is 4.30. The Labute approximate surface area is 169 Å². The van der Waals surface area contributed by atoms with Gasteiger partial charge in [-0.15, -0.1) is 0 Å². The van der Waals surface area contributed by atoms with Gasteiger partial charge in [-0.25, -0.2) is 14.8 Å². The van der Waals surface area contributed by atoms with E-state index in [0.717, 1.165) is 22.3 Å². The van der Waals surface area contributed by atoms with E-state index in [2.05, 4.69) is 6.07 Å². The molecule has 0 atom stereocenters. The average molecular weight is 388 g/mol. The molecule has 0 saturated carbocycles. The number of para-hydroxylation sites is 2. The molecular formula is C23H24N4O2. The second-order valence-electron chi connectivity index (χ2n) is 8.33. The molecule has 0 bridgehead atoms. The van der Waals surface area contributed by atoms with Gasteiger partial charge in [0.15, 0.2) is 5.65 Å². The standard InChI is InChI=1S/C23H24N4O2/c1-13-10-14(2)12-15(11-13)27-20(24)18(22(28)29-23(3,4)5)19-21(27)26-17-9-7-6-8-16(17)25-19/h6-12H,24H2,1-5H3. The van der Waals surface area contributed by atoms with Crippen molar-refractivity contribution in [3.63, 3.8) is 0 Å². The van der Waals surface area contributed by atoms with Crippen molar-refractivity contribution in [1.29, 1.82) is 0 Å². The number of ether oxygens (including phenoxy) is 1. The Morgan fingerprint density at radius 2 is 1.59 bits per heavy atom. The summed E-state index contributed by atoms with van der Waals surface area (Å²) < 4.78 is 7.41. The van der Waals surface area contributed by atoms with E-state index in [4.69, 9.17) is 20.4 Å². The van der Waals surface area contributed by atoms with Crippen LogP contribution in [-0.4, -0.2) is 26.1 Å². The van der Waals surface area contributed by atoms with Crippen LogP contribution in [0.1, 0.15) is 42.3 Å². The topological polar surface area (TPSA) is 83.0 Å². The Morgan fingerprint density at radius 3 is 2.17 bits per heavy atom. The third-order valence-corrected chi connectivity index (χ3v) is 4.57. The number of nitrogens with zero attached hydrogens (tertiary/aromatic N) is 3. The largest absolute Gasteiger partial charge is 0.456 e. The first-order valence-electron chi connectivity index (χ1n) is 9.53. The lowest BCUT2D eigenvalue weighted by molar-refractivity contribution is 0.00728. The number of carbonyl (C=O) groups is 1. The van der Waals surface area contributed by atoms with Gasteiger partial charge in [-0.3, -0.25) is 4.57 Å². The molecule has 0 aliphatic heterocycles. The monoisotopic (exact) mass is 388 g/mol. The van der Waals surface area contributed by atoms with Gasteiger partial charge in [0.2, 0.25) is 0 Å². The van der Waals surface area contributed by atoms with Gasteiger partial charge in [-0.1, -0.05) is 18.2 Å². The summed E-state index contributed by atoms with van der Waals surface area (Å²) in [7, 11) is 0. The molecule has 0 fully saturated rings. The molecule has 2 heterocycles. The highest BCUT2D eigenvalue weighted by Gasteiger charge is 2.28. The molecule has 6 nitrogen and oxygen atoms in total. The zero-order valence-corrected chi connectivity index (χ0v) is 17.3. The van der Waals surface area contributed by atoms with Crippen molar-refractivity contribution in [1.82, 2.24) is 14.5 Å². The smallest absolute Gasteiger partial charge is 0.344 e. The number of carbonyl (C=O) groups excluding carboxylic acids is 1. The van der Waals surface area contributed by atoms with E-state index in [1.165, 1.54) is 0 Å². The second-order valence-corrected chi connectivity index (χ2v) is 8.33. The van der Waals surface area contributed by atoms with Crippen LogP contribution in [0.15, 0.2) is 42.5 Å². The van der Waals surface area contributed by atoms with Gasteiger partial charge < -0.3 is 10.5 Å². The highest BCUT2D eigenvalue weighted by molar-refractivity contribution is 6.09. The zero-order valence-electron chi connectivity index (χ0n) is 17.3. The maximum Gasteiger partial charge on any atom is 0.344 e. The number of esters is 1. The molecule has 2 aromatic heterocycles. The Bertz CT molecular complexity index is 1250. The van der Waals surface area contributed by atoms with Crippen molar-refractivity contribution in [3.05, 3.63) is 59.2 Å². The maximum atomic E-state index is 13.0. The molecular weight excluding hydrogens is 364 g/mol. The van der Waals surface area contributed by atoms with Crippen molar-refractivity contribution >= 4 is 34.0 Å². The van der Waals surface area contributed by atoms with E-state index in [9.17, 15) is 4.79 Å². The minimum Gasteiger partial charge on any atom is -0.456 e. The summed E-state index contributed by atoms with van der Waals surface area (Å²) >= 11 is 0. The van der Waals surface area contributed by atoms with Gasteiger partial charge in [0.25, 0.3) is 0 Å². The Balaban J connectivity index is 2.08. The number of benzene rings is 2. The third-order valence-electron chi connectivity index (χ3n) is 4.57. The molecule has 4 rings (SSSR count). The maximum absolute atomic E-state index is 13.0. The van der Waals surface area contributed by atoms with Gasteiger partial charge in [-0.2, -0.15) is 0 Å². The fourth-order valence-electron chi connectivity index (χ4n) is 3.53. The quantitative estimate of drug-likeness (QED) is 0.502. The summed E-state index contributed by atoms with van der Waals surface area (Å²) in [6, 6.07) is 13.7. The number of nitrogens with two attached hydrogens (primary N) is 1. The van der Waals surface area contributed by atoms with Gasteiger partial charge in [-0.05, 0) is 70.0 Å². The molecule has 0 saturated heterocycles. The third kappa shape index (κ3) is 3.42. The van der Waals surface area contributed by atoms with Crippen LogP contribution in [0.2, 0.25) is 0 Å². The Morgan fingerprint density at radius 1 is 1.00 bits per heavy atom. The van der Waals surface area contributed by atoms with Crippen molar-refractivity contribution < 1.29 is 9.53 Å². The number of hydrogen-bond acceptors (Lipinski definition) is 5. The summed E-state index contributed by atoms with van der Waals surface area (Å²) in [5.41, 5.74) is 11.5. The van der Waals surface area contributed by atoms with E-state index >= 15 is 0 Å². The molecule has 0 aliphatic carbocycles. The van der Waals surface area contributed by atoms with Crippen LogP contribution >= 0.6 is 0 Å². The van der Waals surface area contributed by atoms with Crippen LogP contribution in [-0.2, 0) is 4.74 Å². The lowest BCUT2D eigenvalue weighted by atomic mass is 10.1. The molecule has 29 heavy (non-hydrogen) atoms. The molecule has 6 heteroatoms. The molecule has 0 aliphatic rings. The van der Waals surface area contributed by atoms with Gasteiger partial charge in [0.05, 0.1) is 11.0 Å². The molecule has 148 valence electrons. The second kappa shape index (κ2) is 6.58. The fourth-order valence-corrected chi connectivity index (χ4v) is 3.53. The van der Waals surface area contributed by atoms with Crippen molar-refractivity contribution in [3.8, 4) is 5.69 Å². The van der Waals surface area contributed by atoms with E-state index in [1.54, 1.807) is 4.57 Å². The highest BCUT2D eigenvalue weighted by Crippen LogP contribution is 2.32. The molecule has 0 spiro atoms. The average Bonchev–Trinajstić information content (AvgIpc) is 2.88. The lowest BCUT2D eigenvalue weighted by Gasteiger charge is -2.19. The predicted octanol–water partition coefficient (Wildman–Crippen LogP) is 4.73. The number of fused-ring (bicyclic) bond motifs is 2. The highest BCUT2D eigenvalue weighted by atomic mass is 16.6. The summed E-state index contributed by atoms with van der Waals surface area (Å²) in [5.74, 6) is -0.234. The van der Waals surface area contributed by atoms with Gasteiger partial charge >= 0.3 is 5.97 Å². The number of aromatic nitrogens is 3. The molecule has 4 aromatic rings. The number of nitrogen functional groups attached to an aromatic ring is 1. The molecule has 2 N–H and O–H groups in total. The van der Waals surface area contributed by atoms with Crippen molar-refractivity contribution in [2.45, 2.75) is 40.2 Å².